The Morgan fingerprint density at radius 2 is 2.22 bits per heavy atom. The van der Waals surface area contributed by atoms with Gasteiger partial charge in [0.2, 0.25) is 5.28 Å². The normalized spacial score (nSPS) is 24.4. The van der Waals surface area contributed by atoms with Gasteiger partial charge in [-0.2, -0.15) is 0 Å². The minimum absolute atomic E-state index is 0.234. The van der Waals surface area contributed by atoms with Crippen molar-refractivity contribution in [3.63, 3.8) is 0 Å². The van der Waals surface area contributed by atoms with Gasteiger partial charge in [-0.3, -0.25) is 0 Å². The summed E-state index contributed by atoms with van der Waals surface area (Å²) in [6.07, 6.45) is 3.38. The van der Waals surface area contributed by atoms with Gasteiger partial charge in [-0.25, -0.2) is 9.97 Å². The molecule has 2 atom stereocenters. The van der Waals surface area contributed by atoms with E-state index < -0.39 is 0 Å². The largest absolute Gasteiger partial charge is 0.352 e. The second kappa shape index (κ2) is 4.83. The minimum atomic E-state index is 0.234. The van der Waals surface area contributed by atoms with Gasteiger partial charge >= 0.3 is 0 Å². The van der Waals surface area contributed by atoms with Crippen LogP contribution in [0.4, 0.5) is 5.82 Å². The molecule has 3 rings (SSSR count). The molecule has 1 saturated heterocycles. The second-order valence-corrected chi connectivity index (χ2v) is 5.67. The molecule has 1 fully saturated rings. The predicted molar refractivity (Wildman–Crippen MR) is 73.6 cm³/mol. The highest BCUT2D eigenvalue weighted by molar-refractivity contribution is 6.32. The van der Waals surface area contributed by atoms with Crippen LogP contribution in [0.3, 0.4) is 0 Å². The molecule has 4 nitrogen and oxygen atoms in total. The lowest BCUT2D eigenvalue weighted by atomic mass is 10.1. The molecule has 0 aliphatic carbocycles. The van der Waals surface area contributed by atoms with Crippen molar-refractivity contribution >= 4 is 29.0 Å². The van der Waals surface area contributed by atoms with Crippen molar-refractivity contribution in [2.75, 3.05) is 18.0 Å². The first-order valence-electron chi connectivity index (χ1n) is 6.39. The summed E-state index contributed by atoms with van der Waals surface area (Å²) in [6, 6.07) is 0.944. The fraction of sp³-hybridized carbons (Fsp3) is 0.667. The number of nitrogens with zero attached hydrogens (tertiary/aromatic N) is 3. The van der Waals surface area contributed by atoms with Gasteiger partial charge in [-0.1, -0.05) is 11.6 Å². The summed E-state index contributed by atoms with van der Waals surface area (Å²) in [5.74, 6) is 0.918. The standard InChI is InChI=1S/C12H16Cl2N4/c1-7(9-3-2-5-15-9)18-6-4-8-10(13)16-12(14)17-11(8)18/h7,9,15H,2-6H2,1H3/t7?,9-/m0/s1. The third-order valence-electron chi connectivity index (χ3n) is 3.95. The van der Waals surface area contributed by atoms with Gasteiger partial charge in [0.15, 0.2) is 0 Å². The number of hydrogen-bond acceptors (Lipinski definition) is 4. The third kappa shape index (κ3) is 2.06. The lowest BCUT2D eigenvalue weighted by molar-refractivity contribution is 0.482. The van der Waals surface area contributed by atoms with E-state index in [1.807, 2.05) is 0 Å². The zero-order valence-corrected chi connectivity index (χ0v) is 11.8. The summed E-state index contributed by atoms with van der Waals surface area (Å²) < 4.78 is 0. The van der Waals surface area contributed by atoms with Crippen molar-refractivity contribution in [1.29, 1.82) is 0 Å². The van der Waals surface area contributed by atoms with E-state index in [-0.39, 0.29) is 5.28 Å². The molecule has 1 unspecified atom stereocenters. The number of rotatable bonds is 2. The van der Waals surface area contributed by atoms with Crippen molar-refractivity contribution in [2.24, 2.45) is 0 Å². The minimum Gasteiger partial charge on any atom is -0.352 e. The van der Waals surface area contributed by atoms with Crippen LogP contribution in [0.15, 0.2) is 0 Å². The fourth-order valence-corrected chi connectivity index (χ4v) is 3.42. The number of anilines is 1. The molecule has 98 valence electrons. The summed E-state index contributed by atoms with van der Waals surface area (Å²) in [4.78, 5) is 10.7. The molecule has 1 aromatic heterocycles. The molecule has 2 aliphatic rings. The van der Waals surface area contributed by atoms with Crippen LogP contribution in [0.25, 0.3) is 0 Å². The maximum atomic E-state index is 6.13. The Morgan fingerprint density at radius 1 is 1.39 bits per heavy atom. The number of aromatic nitrogens is 2. The Bertz CT molecular complexity index is 460. The molecule has 0 radical (unpaired) electrons. The van der Waals surface area contributed by atoms with Crippen LogP contribution in [-0.4, -0.2) is 35.1 Å². The van der Waals surface area contributed by atoms with Gasteiger partial charge in [0.1, 0.15) is 11.0 Å². The SMILES string of the molecule is CC([C@@H]1CCCN1)N1CCc2c(Cl)nc(Cl)nc21. The van der Waals surface area contributed by atoms with E-state index in [4.69, 9.17) is 23.2 Å². The quantitative estimate of drug-likeness (QED) is 0.669. The first kappa shape index (κ1) is 12.5. The van der Waals surface area contributed by atoms with E-state index >= 15 is 0 Å². The highest BCUT2D eigenvalue weighted by atomic mass is 35.5. The van der Waals surface area contributed by atoms with Crippen molar-refractivity contribution in [3.05, 3.63) is 16.0 Å². The Hall–Kier alpha value is -0.580. The van der Waals surface area contributed by atoms with E-state index in [0.29, 0.717) is 17.2 Å². The Kier molecular flexibility index (Phi) is 3.34. The number of fused-ring (bicyclic) bond motifs is 1. The second-order valence-electron chi connectivity index (χ2n) is 4.97. The zero-order valence-electron chi connectivity index (χ0n) is 10.3. The maximum absolute atomic E-state index is 6.13. The van der Waals surface area contributed by atoms with E-state index in [9.17, 15) is 0 Å². The van der Waals surface area contributed by atoms with Crippen LogP contribution < -0.4 is 10.2 Å². The lowest BCUT2D eigenvalue weighted by Crippen LogP contribution is -2.45. The maximum Gasteiger partial charge on any atom is 0.225 e. The van der Waals surface area contributed by atoms with Crippen LogP contribution in [0.2, 0.25) is 10.4 Å². The summed E-state index contributed by atoms with van der Waals surface area (Å²) in [5, 5.41) is 4.27. The molecule has 3 heterocycles. The van der Waals surface area contributed by atoms with E-state index in [0.717, 1.165) is 30.9 Å². The summed E-state index contributed by atoms with van der Waals surface area (Å²) in [7, 11) is 0. The zero-order chi connectivity index (χ0) is 12.7. The van der Waals surface area contributed by atoms with Crippen LogP contribution in [0.1, 0.15) is 25.3 Å². The van der Waals surface area contributed by atoms with Crippen LogP contribution in [0.5, 0.6) is 0 Å². The van der Waals surface area contributed by atoms with E-state index in [2.05, 4.69) is 27.1 Å². The van der Waals surface area contributed by atoms with Gasteiger partial charge < -0.3 is 10.2 Å². The number of hydrogen-bond donors (Lipinski definition) is 1. The molecule has 0 aromatic carbocycles. The highest BCUT2D eigenvalue weighted by Crippen LogP contribution is 2.34. The van der Waals surface area contributed by atoms with Crippen LogP contribution in [0, 0.1) is 0 Å². The van der Waals surface area contributed by atoms with Gasteiger partial charge in [-0.15, -0.1) is 0 Å². The van der Waals surface area contributed by atoms with Gasteiger partial charge in [0.05, 0.1) is 0 Å². The molecule has 0 saturated carbocycles. The average Bonchev–Trinajstić information content (AvgIpc) is 2.96. The molecule has 0 amide bonds. The average molecular weight is 287 g/mol. The molecule has 18 heavy (non-hydrogen) atoms. The van der Waals surface area contributed by atoms with Crippen LogP contribution in [-0.2, 0) is 6.42 Å². The van der Waals surface area contributed by atoms with Gasteiger partial charge in [0, 0.05) is 24.2 Å². The summed E-state index contributed by atoms with van der Waals surface area (Å²) in [5.41, 5.74) is 1.03. The molecule has 1 aromatic rings. The number of nitrogens with one attached hydrogen (secondary N) is 1. The van der Waals surface area contributed by atoms with Crippen molar-refractivity contribution in [3.8, 4) is 0 Å². The topological polar surface area (TPSA) is 41.0 Å². The summed E-state index contributed by atoms with van der Waals surface area (Å²) >= 11 is 12.0. The molecule has 6 heteroatoms. The first-order valence-corrected chi connectivity index (χ1v) is 7.14. The molecule has 2 aliphatic heterocycles. The monoisotopic (exact) mass is 286 g/mol. The summed E-state index contributed by atoms with van der Waals surface area (Å²) in [6.45, 7) is 4.30. The van der Waals surface area contributed by atoms with Crippen LogP contribution >= 0.6 is 23.2 Å². The lowest BCUT2D eigenvalue weighted by Gasteiger charge is -2.31. The Balaban J connectivity index is 1.89. The van der Waals surface area contributed by atoms with Crippen molar-refractivity contribution < 1.29 is 0 Å². The van der Waals surface area contributed by atoms with E-state index in [1.165, 1.54) is 12.8 Å². The predicted octanol–water partition coefficient (Wildman–Crippen LogP) is 2.29. The van der Waals surface area contributed by atoms with Gasteiger partial charge in [0.25, 0.3) is 0 Å². The Labute approximate surface area is 117 Å². The molecule has 1 N–H and O–H groups in total. The van der Waals surface area contributed by atoms with Crippen molar-refractivity contribution in [2.45, 2.75) is 38.3 Å². The third-order valence-corrected chi connectivity index (χ3v) is 4.44. The van der Waals surface area contributed by atoms with Crippen molar-refractivity contribution in [1.82, 2.24) is 15.3 Å². The fourth-order valence-electron chi connectivity index (χ4n) is 2.95. The molecule has 0 spiro atoms. The smallest absolute Gasteiger partial charge is 0.225 e. The molecule has 0 bridgehead atoms. The highest BCUT2D eigenvalue weighted by Gasteiger charge is 2.32. The molecular formula is C12H16Cl2N4. The first-order chi connectivity index (χ1) is 8.66. The van der Waals surface area contributed by atoms with Gasteiger partial charge in [-0.05, 0) is 44.3 Å². The molecular weight excluding hydrogens is 271 g/mol. The number of halogens is 2. The van der Waals surface area contributed by atoms with E-state index in [1.54, 1.807) is 0 Å². The Morgan fingerprint density at radius 3 is 2.94 bits per heavy atom.